The fraction of sp³-hybridized carbons (Fsp3) is 0.263. The fourth-order valence-electron chi connectivity index (χ4n) is 3.54. The second-order valence-electron chi connectivity index (χ2n) is 5.72. The molecule has 2 aromatic rings. The van der Waals surface area contributed by atoms with Crippen LogP contribution >= 0.6 is 0 Å². The number of rotatable bonds is 0. The first-order valence-electron chi connectivity index (χ1n) is 7.53. The van der Waals surface area contributed by atoms with Crippen LogP contribution in [-0.4, -0.2) is 13.1 Å². The normalized spacial score (nSPS) is 17.6. The van der Waals surface area contributed by atoms with E-state index in [4.69, 9.17) is 0 Å². The number of hydrogen-bond acceptors (Lipinski definition) is 1. The van der Waals surface area contributed by atoms with Gasteiger partial charge < -0.3 is 5.32 Å². The third-order valence-corrected chi connectivity index (χ3v) is 4.53. The third-order valence-electron chi connectivity index (χ3n) is 4.53. The molecule has 0 saturated carbocycles. The van der Waals surface area contributed by atoms with E-state index in [2.05, 4.69) is 53.8 Å². The lowest BCUT2D eigenvalue weighted by molar-refractivity contribution is 0.862. The molecule has 0 unspecified atom stereocenters. The molecule has 0 radical (unpaired) electrons. The minimum atomic E-state index is 1.04. The molecule has 1 nitrogen and oxygen atoms in total. The van der Waals surface area contributed by atoms with Crippen molar-refractivity contribution in [3.63, 3.8) is 0 Å². The maximum absolute atomic E-state index is 3.49. The molecule has 0 atom stereocenters. The van der Waals surface area contributed by atoms with Crippen molar-refractivity contribution in [2.45, 2.75) is 19.3 Å². The molecule has 100 valence electrons. The Labute approximate surface area is 120 Å². The number of aryl methyl sites for hydroxylation is 2. The second kappa shape index (κ2) is 4.92. The van der Waals surface area contributed by atoms with Crippen molar-refractivity contribution in [3.8, 4) is 0 Å². The monoisotopic (exact) mass is 261 g/mol. The van der Waals surface area contributed by atoms with Crippen LogP contribution in [0, 0.1) is 0 Å². The Hall–Kier alpha value is -1.86. The van der Waals surface area contributed by atoms with Crippen LogP contribution in [0.25, 0.3) is 5.57 Å². The van der Waals surface area contributed by atoms with Gasteiger partial charge in [-0.3, -0.25) is 0 Å². The van der Waals surface area contributed by atoms with E-state index in [9.17, 15) is 0 Å². The SMILES string of the molecule is c1ccc2c(c1)CCc1ccccc1C2=C1CCNC1. The number of fused-ring (bicyclic) bond motifs is 2. The minimum Gasteiger partial charge on any atom is -0.313 e. The highest BCUT2D eigenvalue weighted by Gasteiger charge is 2.22. The summed E-state index contributed by atoms with van der Waals surface area (Å²) >= 11 is 0. The molecule has 0 spiro atoms. The van der Waals surface area contributed by atoms with Crippen LogP contribution in [0.4, 0.5) is 0 Å². The predicted molar refractivity (Wildman–Crippen MR) is 83.8 cm³/mol. The summed E-state index contributed by atoms with van der Waals surface area (Å²) < 4.78 is 0. The van der Waals surface area contributed by atoms with E-state index >= 15 is 0 Å². The molecule has 20 heavy (non-hydrogen) atoms. The van der Waals surface area contributed by atoms with Gasteiger partial charge in [-0.05, 0) is 59.2 Å². The van der Waals surface area contributed by atoms with E-state index in [0.29, 0.717) is 0 Å². The lowest BCUT2D eigenvalue weighted by Crippen LogP contribution is -2.06. The summed E-state index contributed by atoms with van der Waals surface area (Å²) in [6.07, 6.45) is 3.48. The molecule has 1 fully saturated rings. The van der Waals surface area contributed by atoms with E-state index in [-0.39, 0.29) is 0 Å². The van der Waals surface area contributed by atoms with Crippen LogP contribution in [0.15, 0.2) is 54.1 Å². The van der Waals surface area contributed by atoms with Crippen LogP contribution in [0.2, 0.25) is 0 Å². The van der Waals surface area contributed by atoms with Crippen molar-refractivity contribution in [1.82, 2.24) is 5.32 Å². The van der Waals surface area contributed by atoms with Gasteiger partial charge in [-0.2, -0.15) is 0 Å². The van der Waals surface area contributed by atoms with Crippen LogP contribution in [0.1, 0.15) is 28.7 Å². The van der Waals surface area contributed by atoms with Gasteiger partial charge in [0.2, 0.25) is 0 Å². The van der Waals surface area contributed by atoms with Crippen LogP contribution in [0.5, 0.6) is 0 Å². The maximum atomic E-state index is 3.49. The molecule has 1 heterocycles. The highest BCUT2D eigenvalue weighted by molar-refractivity contribution is 5.86. The van der Waals surface area contributed by atoms with Crippen molar-refractivity contribution in [3.05, 3.63) is 76.4 Å². The van der Waals surface area contributed by atoms with Gasteiger partial charge in [0.15, 0.2) is 0 Å². The molecular weight excluding hydrogens is 242 g/mol. The average molecular weight is 261 g/mol. The molecule has 1 aliphatic carbocycles. The van der Waals surface area contributed by atoms with Gasteiger partial charge in [0.25, 0.3) is 0 Å². The first-order valence-corrected chi connectivity index (χ1v) is 7.53. The quantitative estimate of drug-likeness (QED) is 0.764. The summed E-state index contributed by atoms with van der Waals surface area (Å²) in [5.41, 5.74) is 8.98. The van der Waals surface area contributed by atoms with Crippen LogP contribution in [0.3, 0.4) is 0 Å². The van der Waals surface area contributed by atoms with Gasteiger partial charge in [-0.1, -0.05) is 48.5 Å². The largest absolute Gasteiger partial charge is 0.313 e. The zero-order valence-corrected chi connectivity index (χ0v) is 11.7. The number of nitrogens with one attached hydrogen (secondary N) is 1. The number of benzene rings is 2. The highest BCUT2D eigenvalue weighted by atomic mass is 14.9. The Balaban J connectivity index is 2.02. The summed E-state index contributed by atoms with van der Waals surface area (Å²) in [5.74, 6) is 0. The van der Waals surface area contributed by atoms with E-state index in [0.717, 1.165) is 25.9 Å². The highest BCUT2D eigenvalue weighted by Crippen LogP contribution is 2.36. The van der Waals surface area contributed by atoms with E-state index in [1.54, 1.807) is 5.57 Å². The molecule has 4 rings (SSSR count). The van der Waals surface area contributed by atoms with Crippen molar-refractivity contribution in [2.75, 3.05) is 13.1 Å². The van der Waals surface area contributed by atoms with Gasteiger partial charge in [0.1, 0.15) is 0 Å². The molecule has 1 N–H and O–H groups in total. The first kappa shape index (κ1) is 11.9. The van der Waals surface area contributed by atoms with Gasteiger partial charge in [-0.15, -0.1) is 0 Å². The topological polar surface area (TPSA) is 12.0 Å². The van der Waals surface area contributed by atoms with Crippen molar-refractivity contribution < 1.29 is 0 Å². The lowest BCUT2D eigenvalue weighted by Gasteiger charge is -2.15. The van der Waals surface area contributed by atoms with Gasteiger partial charge in [0.05, 0.1) is 0 Å². The van der Waals surface area contributed by atoms with E-state index < -0.39 is 0 Å². The molecule has 0 bridgehead atoms. The molecule has 1 heteroatoms. The van der Waals surface area contributed by atoms with Crippen LogP contribution < -0.4 is 5.32 Å². The Morgan fingerprint density at radius 2 is 1.30 bits per heavy atom. The van der Waals surface area contributed by atoms with Gasteiger partial charge in [-0.25, -0.2) is 0 Å². The van der Waals surface area contributed by atoms with Crippen molar-refractivity contribution in [2.24, 2.45) is 0 Å². The summed E-state index contributed by atoms with van der Waals surface area (Å²) in [7, 11) is 0. The smallest absolute Gasteiger partial charge is 0.0174 e. The van der Waals surface area contributed by atoms with Gasteiger partial charge in [0, 0.05) is 6.54 Å². The zero-order chi connectivity index (χ0) is 13.4. The standard InChI is InChI=1S/C19H19N/c1-3-7-17-14(5-1)9-10-15-6-2-4-8-18(15)19(17)16-11-12-20-13-16/h1-8,20H,9-13H2. The van der Waals surface area contributed by atoms with Crippen molar-refractivity contribution >= 4 is 5.57 Å². The molecule has 1 aliphatic heterocycles. The average Bonchev–Trinajstić information content (AvgIpc) is 2.96. The summed E-state index contributed by atoms with van der Waals surface area (Å²) in [5, 5.41) is 3.49. The minimum absolute atomic E-state index is 1.04. The molecular formula is C19H19N. The van der Waals surface area contributed by atoms with Crippen LogP contribution in [-0.2, 0) is 12.8 Å². The van der Waals surface area contributed by atoms with Gasteiger partial charge >= 0.3 is 0 Å². The maximum Gasteiger partial charge on any atom is 0.0174 e. The second-order valence-corrected chi connectivity index (χ2v) is 5.72. The fourth-order valence-corrected chi connectivity index (χ4v) is 3.54. The Bertz CT molecular complexity index is 624. The first-order chi connectivity index (χ1) is 9.93. The third kappa shape index (κ3) is 1.90. The Morgan fingerprint density at radius 1 is 0.700 bits per heavy atom. The summed E-state index contributed by atoms with van der Waals surface area (Å²) in [6, 6.07) is 17.9. The summed E-state index contributed by atoms with van der Waals surface area (Å²) in [4.78, 5) is 0. The molecule has 0 amide bonds. The Morgan fingerprint density at radius 3 is 1.85 bits per heavy atom. The molecule has 2 aromatic carbocycles. The molecule has 1 saturated heterocycles. The van der Waals surface area contributed by atoms with E-state index in [1.807, 2.05) is 0 Å². The van der Waals surface area contributed by atoms with Crippen molar-refractivity contribution in [1.29, 1.82) is 0 Å². The number of hydrogen-bond donors (Lipinski definition) is 1. The molecule has 2 aliphatic rings. The predicted octanol–water partition coefficient (Wildman–Crippen LogP) is 3.58. The Kier molecular flexibility index (Phi) is 2.93. The van der Waals surface area contributed by atoms with E-state index in [1.165, 1.54) is 34.2 Å². The molecule has 0 aromatic heterocycles. The zero-order valence-electron chi connectivity index (χ0n) is 11.7. The summed E-state index contributed by atoms with van der Waals surface area (Å²) in [6.45, 7) is 2.15. The lowest BCUT2D eigenvalue weighted by atomic mass is 9.89.